The number of ketones is 1. The molecule has 1 aliphatic rings. The topological polar surface area (TPSA) is 35.5 Å². The Morgan fingerprint density at radius 1 is 1.38 bits per heavy atom. The predicted molar refractivity (Wildman–Crippen MR) is 26.4 cm³/mol. The molecule has 0 radical (unpaired) electrons. The Kier molecular flexibility index (Phi) is 2.00. The second-order valence-electron chi connectivity index (χ2n) is 1.66. The van der Waals surface area contributed by atoms with Gasteiger partial charge in [-0.3, -0.25) is 4.79 Å². The molecule has 1 saturated heterocycles. The molecule has 0 amide bonds. The van der Waals surface area contributed by atoms with E-state index in [0.717, 1.165) is 0 Å². The minimum Gasteiger partial charge on any atom is -0.355 e. The van der Waals surface area contributed by atoms with Gasteiger partial charge in [0.15, 0.2) is 5.78 Å². The Morgan fingerprint density at radius 2 is 2.25 bits per heavy atom. The van der Waals surface area contributed by atoms with E-state index in [2.05, 4.69) is 0 Å². The lowest BCUT2D eigenvalue weighted by molar-refractivity contribution is -0.123. The molecule has 1 rings (SSSR count). The quantitative estimate of drug-likeness (QED) is 0.445. The summed E-state index contributed by atoms with van der Waals surface area (Å²) < 4.78 is 9.56. The highest BCUT2D eigenvalue weighted by molar-refractivity contribution is 5.79. The van der Waals surface area contributed by atoms with Gasteiger partial charge in [0.2, 0.25) is 0 Å². The van der Waals surface area contributed by atoms with Crippen LogP contribution in [0, 0.1) is 0 Å². The van der Waals surface area contributed by atoms with Crippen molar-refractivity contribution < 1.29 is 14.3 Å². The summed E-state index contributed by atoms with van der Waals surface area (Å²) in [7, 11) is 0. The first-order chi connectivity index (χ1) is 3.89. The molecular weight excluding hydrogens is 108 g/mol. The van der Waals surface area contributed by atoms with Crippen LogP contribution in [0.2, 0.25) is 0 Å². The van der Waals surface area contributed by atoms with Crippen molar-refractivity contribution in [3.63, 3.8) is 0 Å². The minimum absolute atomic E-state index is 0.127. The smallest absolute Gasteiger partial charge is 0.160 e. The molecular formula is C5H8O3. The van der Waals surface area contributed by atoms with Crippen molar-refractivity contribution in [1.29, 1.82) is 0 Å². The summed E-state index contributed by atoms with van der Waals surface area (Å²) in [5.74, 6) is 0.127. The Labute approximate surface area is 47.6 Å². The third-order valence-electron chi connectivity index (χ3n) is 0.955. The lowest BCUT2D eigenvalue weighted by Gasteiger charge is -1.92. The number of hydrogen-bond acceptors (Lipinski definition) is 3. The fraction of sp³-hybridized carbons (Fsp3) is 0.800. The van der Waals surface area contributed by atoms with Crippen LogP contribution >= 0.6 is 0 Å². The van der Waals surface area contributed by atoms with Gasteiger partial charge in [0.1, 0.15) is 13.4 Å². The van der Waals surface area contributed by atoms with Gasteiger partial charge in [-0.05, 0) is 0 Å². The van der Waals surface area contributed by atoms with E-state index in [1.807, 2.05) is 0 Å². The van der Waals surface area contributed by atoms with Crippen LogP contribution in [0.1, 0.15) is 6.42 Å². The molecule has 0 unspecified atom stereocenters. The third-order valence-corrected chi connectivity index (χ3v) is 0.955. The zero-order chi connectivity index (χ0) is 5.82. The van der Waals surface area contributed by atoms with E-state index in [4.69, 9.17) is 9.47 Å². The summed E-state index contributed by atoms with van der Waals surface area (Å²) in [6.45, 7) is 1.00. The maximum atomic E-state index is 10.5. The van der Waals surface area contributed by atoms with E-state index >= 15 is 0 Å². The Hall–Kier alpha value is -0.410. The number of carbonyl (C=O) groups is 1. The number of hydrogen-bond donors (Lipinski definition) is 0. The van der Waals surface area contributed by atoms with Crippen LogP contribution < -0.4 is 0 Å². The van der Waals surface area contributed by atoms with Crippen molar-refractivity contribution in [2.24, 2.45) is 0 Å². The summed E-state index contributed by atoms with van der Waals surface area (Å²) >= 11 is 0. The van der Waals surface area contributed by atoms with E-state index in [1.165, 1.54) is 0 Å². The summed E-state index contributed by atoms with van der Waals surface area (Å²) in [6, 6.07) is 0. The molecule has 0 aliphatic carbocycles. The summed E-state index contributed by atoms with van der Waals surface area (Å²) in [4.78, 5) is 10.5. The third kappa shape index (κ3) is 1.60. The van der Waals surface area contributed by atoms with Crippen LogP contribution in [-0.2, 0) is 14.3 Å². The largest absolute Gasteiger partial charge is 0.355 e. The van der Waals surface area contributed by atoms with Crippen molar-refractivity contribution in [3.05, 3.63) is 0 Å². The van der Waals surface area contributed by atoms with E-state index in [1.54, 1.807) is 0 Å². The van der Waals surface area contributed by atoms with E-state index in [-0.39, 0.29) is 19.2 Å². The average molecular weight is 116 g/mol. The van der Waals surface area contributed by atoms with Gasteiger partial charge in [0.25, 0.3) is 0 Å². The molecule has 0 saturated carbocycles. The van der Waals surface area contributed by atoms with Crippen molar-refractivity contribution in [2.75, 3.05) is 20.0 Å². The second-order valence-corrected chi connectivity index (χ2v) is 1.66. The lowest BCUT2D eigenvalue weighted by Crippen LogP contribution is -2.04. The molecule has 0 aromatic heterocycles. The predicted octanol–water partition coefficient (Wildman–Crippen LogP) is -0.0501. The van der Waals surface area contributed by atoms with Crippen LogP contribution in [0.3, 0.4) is 0 Å². The fourth-order valence-corrected chi connectivity index (χ4v) is 0.532. The van der Waals surface area contributed by atoms with Gasteiger partial charge in [-0.15, -0.1) is 0 Å². The molecule has 3 heteroatoms. The van der Waals surface area contributed by atoms with Crippen LogP contribution in [0.15, 0.2) is 0 Å². The Morgan fingerprint density at radius 3 is 3.12 bits per heavy atom. The normalized spacial score (nSPS) is 22.8. The van der Waals surface area contributed by atoms with Crippen LogP contribution in [-0.4, -0.2) is 25.8 Å². The van der Waals surface area contributed by atoms with Gasteiger partial charge >= 0.3 is 0 Å². The van der Waals surface area contributed by atoms with Gasteiger partial charge in [0.05, 0.1) is 6.61 Å². The highest BCUT2D eigenvalue weighted by Gasteiger charge is 2.05. The molecule has 1 heterocycles. The standard InChI is InChI=1S/C5H8O3/c6-5-1-2-7-4-8-3-5/h1-4H2. The minimum atomic E-state index is 0.127. The molecule has 0 aromatic carbocycles. The SMILES string of the molecule is O=C1CCOCOC1. The fourth-order valence-electron chi connectivity index (χ4n) is 0.532. The van der Waals surface area contributed by atoms with Crippen LogP contribution in [0.25, 0.3) is 0 Å². The molecule has 8 heavy (non-hydrogen) atoms. The molecule has 0 N–H and O–H groups in total. The van der Waals surface area contributed by atoms with Crippen molar-refractivity contribution in [2.45, 2.75) is 6.42 Å². The first-order valence-corrected chi connectivity index (χ1v) is 2.57. The Bertz CT molecular complexity index is 79.7. The van der Waals surface area contributed by atoms with E-state index in [9.17, 15) is 4.79 Å². The maximum absolute atomic E-state index is 10.5. The summed E-state index contributed by atoms with van der Waals surface area (Å²) in [6.07, 6.45) is 0.500. The Balaban J connectivity index is 2.27. The highest BCUT2D eigenvalue weighted by Crippen LogP contribution is 1.92. The van der Waals surface area contributed by atoms with Gasteiger partial charge < -0.3 is 9.47 Å². The molecule has 0 bridgehead atoms. The highest BCUT2D eigenvalue weighted by atomic mass is 16.7. The number of rotatable bonds is 0. The van der Waals surface area contributed by atoms with Crippen molar-refractivity contribution in [3.8, 4) is 0 Å². The molecule has 3 nitrogen and oxygen atoms in total. The van der Waals surface area contributed by atoms with Crippen molar-refractivity contribution >= 4 is 5.78 Å². The average Bonchev–Trinajstić information content (AvgIpc) is 1.94. The molecule has 1 fully saturated rings. The first-order valence-electron chi connectivity index (χ1n) is 2.57. The summed E-state index contributed by atoms with van der Waals surface area (Å²) in [5.41, 5.74) is 0. The van der Waals surface area contributed by atoms with Gasteiger partial charge in [-0.2, -0.15) is 0 Å². The maximum Gasteiger partial charge on any atom is 0.160 e. The van der Waals surface area contributed by atoms with Crippen molar-refractivity contribution in [1.82, 2.24) is 0 Å². The second kappa shape index (κ2) is 2.79. The number of ether oxygens (including phenoxy) is 2. The molecule has 1 aliphatic heterocycles. The van der Waals surface area contributed by atoms with Gasteiger partial charge in [-0.1, -0.05) is 0 Å². The lowest BCUT2D eigenvalue weighted by atomic mass is 10.3. The summed E-state index contributed by atoms with van der Waals surface area (Å²) in [5, 5.41) is 0. The number of carbonyl (C=O) groups excluding carboxylic acids is 1. The molecule has 0 atom stereocenters. The van der Waals surface area contributed by atoms with E-state index in [0.29, 0.717) is 13.0 Å². The van der Waals surface area contributed by atoms with Crippen LogP contribution in [0.5, 0.6) is 0 Å². The molecule has 0 aromatic rings. The zero-order valence-electron chi connectivity index (χ0n) is 4.55. The van der Waals surface area contributed by atoms with Gasteiger partial charge in [0, 0.05) is 6.42 Å². The monoisotopic (exact) mass is 116 g/mol. The van der Waals surface area contributed by atoms with Crippen LogP contribution in [0.4, 0.5) is 0 Å². The zero-order valence-corrected chi connectivity index (χ0v) is 4.55. The van der Waals surface area contributed by atoms with Gasteiger partial charge in [-0.25, -0.2) is 0 Å². The molecule has 46 valence electrons. The molecule has 0 spiro atoms. The number of Topliss-reactive ketones (excluding diaryl/α,β-unsaturated/α-hetero) is 1. The van der Waals surface area contributed by atoms with E-state index < -0.39 is 0 Å². The first kappa shape index (κ1) is 5.72.